The normalized spacial score (nSPS) is 10.7. The summed E-state index contributed by atoms with van der Waals surface area (Å²) in [6, 6.07) is 18.2. The number of carbonyl (C=O) groups is 2. The van der Waals surface area contributed by atoms with Gasteiger partial charge < -0.3 is 9.42 Å². The first-order chi connectivity index (χ1) is 14.9. The minimum atomic E-state index is -0.493. The fourth-order valence-corrected chi connectivity index (χ4v) is 3.21. The molecule has 0 radical (unpaired) electrons. The van der Waals surface area contributed by atoms with Gasteiger partial charge in [-0.05, 0) is 31.2 Å². The van der Waals surface area contributed by atoms with Gasteiger partial charge in [-0.15, -0.1) is 0 Å². The Hall–Kier alpha value is -4.20. The lowest BCUT2D eigenvalue weighted by Gasteiger charge is -2.14. The molecule has 2 N–H and O–H groups in total. The second-order valence-electron chi connectivity index (χ2n) is 7.22. The number of amides is 2. The lowest BCUT2D eigenvalue weighted by molar-refractivity contribution is 0.0847. The number of hydrogen-bond acceptors (Lipinski definition) is 6. The molecule has 31 heavy (non-hydrogen) atoms. The van der Waals surface area contributed by atoms with Crippen molar-refractivity contribution in [3.63, 3.8) is 0 Å². The summed E-state index contributed by atoms with van der Waals surface area (Å²) in [7, 11) is 3.78. The Morgan fingerprint density at radius 2 is 1.68 bits per heavy atom. The largest absolute Gasteiger partial charge is 0.378 e. The van der Waals surface area contributed by atoms with Gasteiger partial charge in [-0.3, -0.25) is 20.4 Å². The fourth-order valence-electron chi connectivity index (χ4n) is 3.21. The Bertz CT molecular complexity index is 1260. The van der Waals surface area contributed by atoms with Crippen LogP contribution >= 0.6 is 0 Å². The molecule has 0 atom stereocenters. The minimum absolute atomic E-state index is 0.258. The van der Waals surface area contributed by atoms with Gasteiger partial charge in [-0.1, -0.05) is 41.6 Å². The first kappa shape index (κ1) is 20.1. The first-order valence-corrected chi connectivity index (χ1v) is 9.64. The fraction of sp³-hybridized carbons (Fsp3) is 0.130. The van der Waals surface area contributed by atoms with Crippen LogP contribution in [0.15, 0.2) is 65.2 Å². The van der Waals surface area contributed by atoms with Crippen molar-refractivity contribution in [2.45, 2.75) is 6.92 Å². The van der Waals surface area contributed by atoms with Crippen LogP contribution in [0.4, 0.5) is 5.69 Å². The summed E-state index contributed by atoms with van der Waals surface area (Å²) in [5.41, 5.74) is 8.77. The molecule has 0 aliphatic rings. The van der Waals surface area contributed by atoms with Crippen molar-refractivity contribution in [2.24, 2.45) is 0 Å². The molecule has 0 saturated heterocycles. The zero-order chi connectivity index (χ0) is 22.0. The molecule has 0 spiro atoms. The quantitative estimate of drug-likeness (QED) is 0.496. The van der Waals surface area contributed by atoms with E-state index in [2.05, 4.69) is 21.0 Å². The van der Waals surface area contributed by atoms with Gasteiger partial charge in [0.25, 0.3) is 17.5 Å². The van der Waals surface area contributed by atoms with E-state index < -0.39 is 11.8 Å². The maximum absolute atomic E-state index is 13.0. The van der Waals surface area contributed by atoms with E-state index in [9.17, 15) is 9.59 Å². The summed E-state index contributed by atoms with van der Waals surface area (Å²) in [5.74, 6) is -0.916. The molecule has 8 nitrogen and oxygen atoms in total. The summed E-state index contributed by atoms with van der Waals surface area (Å²) in [5, 5.41) is 4.43. The molecule has 2 heterocycles. The smallest absolute Gasteiger partial charge is 0.270 e. The zero-order valence-corrected chi connectivity index (χ0v) is 17.3. The molecule has 4 rings (SSSR count). The van der Waals surface area contributed by atoms with Crippen molar-refractivity contribution in [2.75, 3.05) is 19.0 Å². The van der Waals surface area contributed by atoms with Crippen LogP contribution in [0.5, 0.6) is 0 Å². The van der Waals surface area contributed by atoms with E-state index in [0.717, 1.165) is 11.3 Å². The summed E-state index contributed by atoms with van der Waals surface area (Å²) in [6.45, 7) is 1.73. The van der Waals surface area contributed by atoms with Crippen LogP contribution in [0.3, 0.4) is 0 Å². The number of carbonyl (C=O) groups excluding carboxylic acids is 2. The molecule has 4 aromatic rings. The van der Waals surface area contributed by atoms with Gasteiger partial charge in [0.15, 0.2) is 0 Å². The van der Waals surface area contributed by atoms with Gasteiger partial charge in [0.2, 0.25) is 0 Å². The van der Waals surface area contributed by atoms with Gasteiger partial charge in [0, 0.05) is 30.9 Å². The Balaban J connectivity index is 1.61. The third-order valence-electron chi connectivity index (χ3n) is 4.85. The van der Waals surface area contributed by atoms with E-state index in [1.54, 1.807) is 31.2 Å². The number of nitrogens with one attached hydrogen (secondary N) is 2. The van der Waals surface area contributed by atoms with Crippen molar-refractivity contribution < 1.29 is 14.1 Å². The maximum Gasteiger partial charge on any atom is 0.270 e. The van der Waals surface area contributed by atoms with E-state index in [1.165, 1.54) is 0 Å². The average molecular weight is 415 g/mol. The zero-order valence-electron chi connectivity index (χ0n) is 17.3. The van der Waals surface area contributed by atoms with Crippen LogP contribution in [0.1, 0.15) is 26.4 Å². The number of aryl methyl sites for hydroxylation is 1. The highest BCUT2D eigenvalue weighted by atomic mass is 16.5. The number of hydrazine groups is 1. The number of rotatable bonds is 4. The Morgan fingerprint density at radius 1 is 0.935 bits per heavy atom. The van der Waals surface area contributed by atoms with E-state index in [0.29, 0.717) is 27.9 Å². The second kappa shape index (κ2) is 8.27. The predicted octanol–water partition coefficient (Wildman–Crippen LogP) is 3.34. The number of benzene rings is 2. The van der Waals surface area contributed by atoms with Crippen LogP contribution < -0.4 is 15.8 Å². The molecule has 0 aliphatic heterocycles. The number of fused-ring (bicyclic) bond motifs is 1. The molecule has 2 aromatic heterocycles. The molecule has 2 amide bonds. The minimum Gasteiger partial charge on any atom is -0.378 e. The average Bonchev–Trinajstić information content (AvgIpc) is 3.18. The topological polar surface area (TPSA) is 100 Å². The first-order valence-electron chi connectivity index (χ1n) is 9.64. The number of pyridine rings is 1. The summed E-state index contributed by atoms with van der Waals surface area (Å²) in [6.07, 6.45) is 0. The predicted molar refractivity (Wildman–Crippen MR) is 118 cm³/mol. The molecular weight excluding hydrogens is 394 g/mol. The highest BCUT2D eigenvalue weighted by Gasteiger charge is 2.20. The van der Waals surface area contributed by atoms with Crippen molar-refractivity contribution in [1.82, 2.24) is 21.0 Å². The monoisotopic (exact) mass is 415 g/mol. The summed E-state index contributed by atoms with van der Waals surface area (Å²) < 4.78 is 5.30. The summed E-state index contributed by atoms with van der Waals surface area (Å²) in [4.78, 5) is 31.9. The van der Waals surface area contributed by atoms with E-state index in [4.69, 9.17) is 4.52 Å². The maximum atomic E-state index is 13.0. The van der Waals surface area contributed by atoms with Crippen LogP contribution in [-0.2, 0) is 0 Å². The third-order valence-corrected chi connectivity index (χ3v) is 4.85. The molecule has 0 unspecified atom stereocenters. The van der Waals surface area contributed by atoms with Crippen molar-refractivity contribution in [3.8, 4) is 11.3 Å². The summed E-state index contributed by atoms with van der Waals surface area (Å²) >= 11 is 0. The van der Waals surface area contributed by atoms with Gasteiger partial charge in [0.1, 0.15) is 0 Å². The molecule has 2 aromatic carbocycles. The van der Waals surface area contributed by atoms with Gasteiger partial charge in [0.05, 0.1) is 22.3 Å². The molecular formula is C23H21N5O3. The van der Waals surface area contributed by atoms with Crippen LogP contribution in [0, 0.1) is 6.92 Å². The molecule has 156 valence electrons. The molecule has 0 bridgehead atoms. The standard InChI is InChI=1S/C23H21N5O3/c1-14-20-18(13-19(24-23(20)31-27-14)15-8-5-4-6-9-15)22(30)26-25-21(29)16-10-7-11-17(12-16)28(2)3/h4-13H,1-3H3,(H,25,29)(H,26,30). The van der Waals surface area contributed by atoms with E-state index in [1.807, 2.05) is 55.4 Å². The molecule has 0 saturated carbocycles. The van der Waals surface area contributed by atoms with Crippen LogP contribution in [-0.4, -0.2) is 36.1 Å². The highest BCUT2D eigenvalue weighted by Crippen LogP contribution is 2.26. The molecule has 0 aliphatic carbocycles. The van der Waals surface area contributed by atoms with E-state index in [-0.39, 0.29) is 5.71 Å². The van der Waals surface area contributed by atoms with Crippen LogP contribution in [0.2, 0.25) is 0 Å². The number of anilines is 1. The van der Waals surface area contributed by atoms with Gasteiger partial charge >= 0.3 is 0 Å². The number of nitrogens with zero attached hydrogens (tertiary/aromatic N) is 3. The highest BCUT2D eigenvalue weighted by molar-refractivity contribution is 6.08. The third kappa shape index (κ3) is 4.09. The number of aromatic nitrogens is 2. The Labute approximate surface area is 178 Å². The second-order valence-corrected chi connectivity index (χ2v) is 7.22. The van der Waals surface area contributed by atoms with E-state index >= 15 is 0 Å². The van der Waals surface area contributed by atoms with Crippen molar-refractivity contribution in [1.29, 1.82) is 0 Å². The Kier molecular flexibility index (Phi) is 5.36. The van der Waals surface area contributed by atoms with Crippen molar-refractivity contribution >= 4 is 28.6 Å². The number of hydrogen-bond donors (Lipinski definition) is 2. The van der Waals surface area contributed by atoms with Gasteiger partial charge in [-0.25, -0.2) is 4.98 Å². The van der Waals surface area contributed by atoms with Gasteiger partial charge in [-0.2, -0.15) is 0 Å². The molecule has 8 heteroatoms. The lowest BCUT2D eigenvalue weighted by Crippen LogP contribution is -2.41. The molecule has 0 fully saturated rings. The van der Waals surface area contributed by atoms with Crippen LogP contribution in [0.25, 0.3) is 22.4 Å². The van der Waals surface area contributed by atoms with Crippen molar-refractivity contribution in [3.05, 3.63) is 77.5 Å². The lowest BCUT2D eigenvalue weighted by atomic mass is 10.1. The Morgan fingerprint density at radius 3 is 2.42 bits per heavy atom. The SMILES string of the molecule is Cc1noc2nc(-c3ccccc3)cc(C(=O)NNC(=O)c3cccc(N(C)C)c3)c12.